The van der Waals surface area contributed by atoms with Gasteiger partial charge in [0, 0.05) is 23.1 Å². The van der Waals surface area contributed by atoms with Gasteiger partial charge in [-0.3, -0.25) is 0 Å². The zero-order valence-electron chi connectivity index (χ0n) is 11.5. The van der Waals surface area contributed by atoms with Gasteiger partial charge in [-0.25, -0.2) is 0 Å². The van der Waals surface area contributed by atoms with E-state index >= 15 is 0 Å². The number of halogens is 2. The molecule has 0 aliphatic rings. The summed E-state index contributed by atoms with van der Waals surface area (Å²) in [6, 6.07) is 13.8. The number of anilines is 1. The van der Waals surface area contributed by atoms with Crippen LogP contribution in [0.15, 0.2) is 46.9 Å². The molecule has 2 aromatic carbocycles. The molecule has 0 amide bonds. The Morgan fingerprint density at radius 1 is 1.20 bits per heavy atom. The Kier molecular flexibility index (Phi) is 5.08. The molecular formula is C16H17BrClNO. The van der Waals surface area contributed by atoms with Gasteiger partial charge in [-0.05, 0) is 58.2 Å². The molecule has 20 heavy (non-hydrogen) atoms. The smallest absolute Gasteiger partial charge is 0.0762 e. The van der Waals surface area contributed by atoms with Gasteiger partial charge in [-0.2, -0.15) is 0 Å². The zero-order chi connectivity index (χ0) is 14.7. The van der Waals surface area contributed by atoms with Crippen molar-refractivity contribution in [2.75, 3.05) is 11.9 Å². The average Bonchev–Trinajstić information content (AvgIpc) is 2.41. The van der Waals surface area contributed by atoms with Gasteiger partial charge in [0.2, 0.25) is 0 Å². The van der Waals surface area contributed by atoms with Crippen LogP contribution in [0.25, 0.3) is 0 Å². The first-order valence-corrected chi connectivity index (χ1v) is 7.57. The van der Waals surface area contributed by atoms with E-state index in [1.54, 1.807) is 6.92 Å². The van der Waals surface area contributed by atoms with Crippen molar-refractivity contribution >= 4 is 33.2 Å². The van der Waals surface area contributed by atoms with Crippen LogP contribution < -0.4 is 4.90 Å². The van der Waals surface area contributed by atoms with Crippen LogP contribution in [0.5, 0.6) is 0 Å². The molecule has 0 spiro atoms. The summed E-state index contributed by atoms with van der Waals surface area (Å²) in [5.74, 6) is 0. The van der Waals surface area contributed by atoms with Crippen LogP contribution in [0.3, 0.4) is 0 Å². The van der Waals surface area contributed by atoms with Crippen molar-refractivity contribution in [2.45, 2.75) is 19.6 Å². The van der Waals surface area contributed by atoms with Gasteiger partial charge in [-0.15, -0.1) is 0 Å². The van der Waals surface area contributed by atoms with Gasteiger partial charge in [0.15, 0.2) is 0 Å². The summed E-state index contributed by atoms with van der Waals surface area (Å²) in [7, 11) is 2.04. The van der Waals surface area contributed by atoms with Gasteiger partial charge in [0.1, 0.15) is 0 Å². The molecule has 106 valence electrons. The number of aliphatic hydroxyl groups excluding tert-OH is 1. The summed E-state index contributed by atoms with van der Waals surface area (Å²) in [5, 5.41) is 10.3. The summed E-state index contributed by atoms with van der Waals surface area (Å²) in [5.41, 5.74) is 3.19. The molecule has 0 aliphatic carbocycles. The molecule has 0 aromatic heterocycles. The first-order valence-electron chi connectivity index (χ1n) is 6.40. The van der Waals surface area contributed by atoms with E-state index in [1.165, 1.54) is 5.56 Å². The number of benzene rings is 2. The molecule has 0 fully saturated rings. The summed E-state index contributed by atoms with van der Waals surface area (Å²) in [4.78, 5) is 2.15. The SMILES string of the molecule is CC(O)c1ccc(N(C)Cc2ccc(Cl)cc2)c(Br)c1. The van der Waals surface area contributed by atoms with Crippen LogP contribution >= 0.6 is 27.5 Å². The van der Waals surface area contributed by atoms with Crippen molar-refractivity contribution < 1.29 is 5.11 Å². The third-order valence-corrected chi connectivity index (χ3v) is 4.09. The summed E-state index contributed by atoms with van der Waals surface area (Å²) in [6.07, 6.45) is -0.457. The third-order valence-electron chi connectivity index (χ3n) is 3.20. The second-order valence-electron chi connectivity index (χ2n) is 4.87. The lowest BCUT2D eigenvalue weighted by molar-refractivity contribution is 0.199. The monoisotopic (exact) mass is 353 g/mol. The fraction of sp³-hybridized carbons (Fsp3) is 0.250. The van der Waals surface area contributed by atoms with E-state index in [4.69, 9.17) is 11.6 Å². The second kappa shape index (κ2) is 6.61. The Morgan fingerprint density at radius 2 is 1.85 bits per heavy atom. The molecule has 0 saturated heterocycles. The largest absolute Gasteiger partial charge is 0.389 e. The number of rotatable bonds is 4. The summed E-state index contributed by atoms with van der Waals surface area (Å²) < 4.78 is 0.979. The van der Waals surface area contributed by atoms with E-state index in [0.29, 0.717) is 0 Å². The molecule has 2 nitrogen and oxygen atoms in total. The Labute approximate surface area is 133 Å². The molecule has 0 aliphatic heterocycles. The predicted octanol–water partition coefficient (Wildman–Crippen LogP) is 4.79. The molecule has 1 atom stereocenters. The zero-order valence-corrected chi connectivity index (χ0v) is 13.8. The van der Waals surface area contributed by atoms with E-state index in [9.17, 15) is 5.11 Å². The maximum absolute atomic E-state index is 9.59. The van der Waals surface area contributed by atoms with Gasteiger partial charge >= 0.3 is 0 Å². The van der Waals surface area contributed by atoms with E-state index in [-0.39, 0.29) is 0 Å². The number of nitrogens with zero attached hydrogens (tertiary/aromatic N) is 1. The quantitative estimate of drug-likeness (QED) is 0.853. The van der Waals surface area contributed by atoms with E-state index < -0.39 is 6.10 Å². The van der Waals surface area contributed by atoms with Crippen molar-refractivity contribution in [1.82, 2.24) is 0 Å². The lowest BCUT2D eigenvalue weighted by atomic mass is 10.1. The first kappa shape index (κ1) is 15.4. The highest BCUT2D eigenvalue weighted by Gasteiger charge is 2.09. The number of aliphatic hydroxyl groups is 1. The fourth-order valence-corrected chi connectivity index (χ4v) is 2.87. The minimum atomic E-state index is -0.457. The first-order chi connectivity index (χ1) is 9.47. The molecule has 0 radical (unpaired) electrons. The highest BCUT2D eigenvalue weighted by molar-refractivity contribution is 9.10. The average molecular weight is 355 g/mol. The van der Waals surface area contributed by atoms with Crippen molar-refractivity contribution in [3.05, 3.63) is 63.1 Å². The van der Waals surface area contributed by atoms with E-state index in [2.05, 4.69) is 20.8 Å². The van der Waals surface area contributed by atoms with Crippen LogP contribution in [-0.4, -0.2) is 12.2 Å². The summed E-state index contributed by atoms with van der Waals surface area (Å²) in [6.45, 7) is 2.56. The van der Waals surface area contributed by atoms with Gasteiger partial charge in [-0.1, -0.05) is 29.8 Å². The Balaban J connectivity index is 2.16. The highest BCUT2D eigenvalue weighted by Crippen LogP contribution is 2.29. The normalized spacial score (nSPS) is 12.2. The molecule has 2 aromatic rings. The van der Waals surface area contributed by atoms with Crippen LogP contribution in [0.1, 0.15) is 24.2 Å². The topological polar surface area (TPSA) is 23.5 Å². The molecule has 0 bridgehead atoms. The lowest BCUT2D eigenvalue weighted by Crippen LogP contribution is -2.16. The molecule has 1 N–H and O–H groups in total. The number of hydrogen-bond acceptors (Lipinski definition) is 2. The van der Waals surface area contributed by atoms with E-state index in [1.807, 2.05) is 49.5 Å². The standard InChI is InChI=1S/C16H17BrClNO/c1-11(20)13-5-8-16(15(17)9-13)19(2)10-12-3-6-14(18)7-4-12/h3-9,11,20H,10H2,1-2H3. The van der Waals surface area contributed by atoms with Crippen LogP contribution in [0, 0.1) is 0 Å². The Bertz CT molecular complexity index is 584. The Morgan fingerprint density at radius 3 is 2.40 bits per heavy atom. The molecule has 2 rings (SSSR count). The van der Waals surface area contributed by atoms with Crippen molar-refractivity contribution in [3.8, 4) is 0 Å². The summed E-state index contributed by atoms with van der Waals surface area (Å²) >= 11 is 9.46. The maximum atomic E-state index is 9.59. The Hall–Kier alpha value is -1.03. The van der Waals surface area contributed by atoms with Gasteiger partial charge in [0.05, 0.1) is 11.8 Å². The van der Waals surface area contributed by atoms with Crippen molar-refractivity contribution in [3.63, 3.8) is 0 Å². The fourth-order valence-electron chi connectivity index (χ4n) is 2.04. The molecular weight excluding hydrogens is 338 g/mol. The molecule has 0 saturated carbocycles. The van der Waals surface area contributed by atoms with Crippen molar-refractivity contribution in [1.29, 1.82) is 0 Å². The minimum Gasteiger partial charge on any atom is -0.389 e. The number of hydrogen-bond donors (Lipinski definition) is 1. The molecule has 1 unspecified atom stereocenters. The van der Waals surface area contributed by atoms with Gasteiger partial charge in [0.25, 0.3) is 0 Å². The van der Waals surface area contributed by atoms with Crippen molar-refractivity contribution in [2.24, 2.45) is 0 Å². The second-order valence-corrected chi connectivity index (χ2v) is 6.16. The van der Waals surface area contributed by atoms with Crippen LogP contribution in [-0.2, 0) is 6.54 Å². The minimum absolute atomic E-state index is 0.457. The van der Waals surface area contributed by atoms with E-state index in [0.717, 1.165) is 27.3 Å². The predicted molar refractivity (Wildman–Crippen MR) is 88.3 cm³/mol. The van der Waals surface area contributed by atoms with Crippen LogP contribution in [0.4, 0.5) is 5.69 Å². The molecule has 0 heterocycles. The highest BCUT2D eigenvalue weighted by atomic mass is 79.9. The van der Waals surface area contributed by atoms with Gasteiger partial charge < -0.3 is 10.0 Å². The van der Waals surface area contributed by atoms with Crippen LogP contribution in [0.2, 0.25) is 5.02 Å². The lowest BCUT2D eigenvalue weighted by Gasteiger charge is -2.22. The third kappa shape index (κ3) is 3.75. The maximum Gasteiger partial charge on any atom is 0.0762 e. The molecule has 4 heteroatoms.